The zero-order valence-corrected chi connectivity index (χ0v) is 14.5. The SMILES string of the molecule is Cc1cc(C2NC(=O)C3c4ccccc4CCN23)ccc1-n1cncn1. The van der Waals surface area contributed by atoms with Gasteiger partial charge in [-0.3, -0.25) is 9.69 Å². The third kappa shape index (κ3) is 2.26. The minimum Gasteiger partial charge on any atom is -0.335 e. The maximum atomic E-state index is 12.7. The number of aromatic nitrogens is 3. The van der Waals surface area contributed by atoms with Crippen LogP contribution in [0, 0.1) is 6.92 Å². The second-order valence-corrected chi connectivity index (χ2v) is 6.89. The third-order valence-corrected chi connectivity index (χ3v) is 5.38. The number of benzene rings is 2. The van der Waals surface area contributed by atoms with E-state index < -0.39 is 0 Å². The second-order valence-electron chi connectivity index (χ2n) is 6.89. The molecule has 6 nitrogen and oxygen atoms in total. The Balaban J connectivity index is 1.51. The zero-order valence-electron chi connectivity index (χ0n) is 14.5. The molecule has 1 aromatic heterocycles. The van der Waals surface area contributed by atoms with Crippen molar-refractivity contribution in [2.24, 2.45) is 0 Å². The van der Waals surface area contributed by atoms with Crippen molar-refractivity contribution in [3.63, 3.8) is 0 Å². The number of aryl methyl sites for hydroxylation is 1. The van der Waals surface area contributed by atoms with E-state index in [-0.39, 0.29) is 18.1 Å². The predicted octanol–water partition coefficient (Wildman–Crippen LogP) is 2.30. The molecule has 1 saturated heterocycles. The molecular formula is C20H19N5O. The summed E-state index contributed by atoms with van der Waals surface area (Å²) in [5.74, 6) is 0.0835. The Morgan fingerprint density at radius 3 is 2.88 bits per heavy atom. The summed E-state index contributed by atoms with van der Waals surface area (Å²) < 4.78 is 1.76. The van der Waals surface area contributed by atoms with Crippen LogP contribution in [0.3, 0.4) is 0 Å². The lowest BCUT2D eigenvalue weighted by Crippen LogP contribution is -2.35. The standard InChI is InChI=1S/C20H19N5O/c1-13-10-15(6-7-17(13)25-12-21-11-22-25)19-23-20(26)18-16-5-3-2-4-14(16)8-9-24(18)19/h2-7,10-12,18-19H,8-9H2,1H3,(H,23,26). The molecule has 130 valence electrons. The third-order valence-electron chi connectivity index (χ3n) is 5.38. The van der Waals surface area contributed by atoms with Crippen molar-refractivity contribution >= 4 is 5.91 Å². The first-order valence-electron chi connectivity index (χ1n) is 8.82. The van der Waals surface area contributed by atoms with Crippen LogP contribution in [-0.4, -0.2) is 32.1 Å². The van der Waals surface area contributed by atoms with Crippen molar-refractivity contribution in [3.05, 3.63) is 77.4 Å². The van der Waals surface area contributed by atoms with Crippen molar-refractivity contribution in [1.82, 2.24) is 25.0 Å². The summed E-state index contributed by atoms with van der Waals surface area (Å²) in [6.07, 6.45) is 4.09. The fourth-order valence-corrected chi connectivity index (χ4v) is 4.17. The van der Waals surface area contributed by atoms with Crippen LogP contribution in [0.5, 0.6) is 0 Å². The molecule has 6 heteroatoms. The summed E-state index contributed by atoms with van der Waals surface area (Å²) in [4.78, 5) is 19.0. The van der Waals surface area contributed by atoms with Crippen LogP contribution < -0.4 is 5.32 Å². The van der Waals surface area contributed by atoms with E-state index in [1.54, 1.807) is 11.0 Å². The van der Waals surface area contributed by atoms with Crippen LogP contribution in [0.1, 0.15) is 34.5 Å². The second kappa shape index (κ2) is 5.78. The molecule has 0 radical (unpaired) electrons. The quantitative estimate of drug-likeness (QED) is 0.774. The minimum atomic E-state index is -0.194. The zero-order chi connectivity index (χ0) is 17.7. The number of hydrogen-bond donors (Lipinski definition) is 1. The van der Waals surface area contributed by atoms with Crippen LogP contribution in [0.25, 0.3) is 5.69 Å². The molecule has 3 aromatic rings. The van der Waals surface area contributed by atoms with E-state index in [9.17, 15) is 4.79 Å². The molecular weight excluding hydrogens is 326 g/mol. The lowest BCUT2D eigenvalue weighted by molar-refractivity contribution is -0.121. The summed E-state index contributed by atoms with van der Waals surface area (Å²) in [6.45, 7) is 2.93. The first kappa shape index (κ1) is 15.3. The molecule has 3 heterocycles. The summed E-state index contributed by atoms with van der Waals surface area (Å²) >= 11 is 0. The van der Waals surface area contributed by atoms with E-state index in [0.717, 1.165) is 35.3 Å². The minimum absolute atomic E-state index is 0.0835. The van der Waals surface area contributed by atoms with Crippen LogP contribution >= 0.6 is 0 Å². The van der Waals surface area contributed by atoms with Gasteiger partial charge in [0.25, 0.3) is 0 Å². The van der Waals surface area contributed by atoms with Gasteiger partial charge in [0, 0.05) is 6.54 Å². The van der Waals surface area contributed by atoms with Gasteiger partial charge in [0.2, 0.25) is 5.91 Å². The largest absolute Gasteiger partial charge is 0.335 e. The van der Waals surface area contributed by atoms with Gasteiger partial charge >= 0.3 is 0 Å². The van der Waals surface area contributed by atoms with Crippen LogP contribution in [-0.2, 0) is 11.2 Å². The first-order chi connectivity index (χ1) is 12.7. The van der Waals surface area contributed by atoms with E-state index >= 15 is 0 Å². The van der Waals surface area contributed by atoms with Crippen LogP contribution in [0.15, 0.2) is 55.1 Å². The van der Waals surface area contributed by atoms with E-state index in [1.807, 2.05) is 18.2 Å². The fraction of sp³-hybridized carbons (Fsp3) is 0.250. The van der Waals surface area contributed by atoms with Gasteiger partial charge in [-0.25, -0.2) is 9.67 Å². The summed E-state index contributed by atoms with van der Waals surface area (Å²) in [7, 11) is 0. The number of fused-ring (bicyclic) bond motifs is 3. The summed E-state index contributed by atoms with van der Waals surface area (Å²) in [6, 6.07) is 14.3. The molecule has 0 bridgehead atoms. The maximum Gasteiger partial charge on any atom is 0.243 e. The van der Waals surface area contributed by atoms with Gasteiger partial charge in [-0.1, -0.05) is 36.4 Å². The molecule has 2 aliphatic rings. The smallest absolute Gasteiger partial charge is 0.243 e. The maximum absolute atomic E-state index is 12.7. The lowest BCUT2D eigenvalue weighted by atomic mass is 9.93. The van der Waals surface area contributed by atoms with Crippen molar-refractivity contribution < 1.29 is 4.79 Å². The molecule has 1 amide bonds. The first-order valence-corrected chi connectivity index (χ1v) is 8.82. The molecule has 0 spiro atoms. The number of carbonyl (C=O) groups excluding carboxylic acids is 1. The number of carbonyl (C=O) groups is 1. The van der Waals surface area contributed by atoms with Gasteiger partial charge in [0.05, 0.1) is 5.69 Å². The fourth-order valence-electron chi connectivity index (χ4n) is 4.17. The van der Waals surface area contributed by atoms with E-state index in [4.69, 9.17) is 0 Å². The predicted molar refractivity (Wildman–Crippen MR) is 96.6 cm³/mol. The van der Waals surface area contributed by atoms with Crippen LogP contribution in [0.2, 0.25) is 0 Å². The van der Waals surface area contributed by atoms with Gasteiger partial charge in [-0.15, -0.1) is 0 Å². The van der Waals surface area contributed by atoms with Crippen molar-refractivity contribution in [1.29, 1.82) is 0 Å². The molecule has 5 rings (SSSR count). The Morgan fingerprint density at radius 2 is 2.08 bits per heavy atom. The van der Waals surface area contributed by atoms with Gasteiger partial charge < -0.3 is 5.32 Å². The lowest BCUT2D eigenvalue weighted by Gasteiger charge is -2.33. The van der Waals surface area contributed by atoms with Crippen molar-refractivity contribution in [3.8, 4) is 5.69 Å². The highest BCUT2D eigenvalue weighted by Crippen LogP contribution is 2.40. The highest BCUT2D eigenvalue weighted by molar-refractivity contribution is 5.86. The molecule has 0 aliphatic carbocycles. The molecule has 1 fully saturated rings. The van der Waals surface area contributed by atoms with E-state index in [1.165, 1.54) is 11.9 Å². The molecule has 26 heavy (non-hydrogen) atoms. The Bertz CT molecular complexity index is 982. The highest BCUT2D eigenvalue weighted by Gasteiger charge is 2.44. The van der Waals surface area contributed by atoms with Gasteiger partial charge in [0.15, 0.2) is 0 Å². The average molecular weight is 345 g/mol. The van der Waals surface area contributed by atoms with Gasteiger partial charge in [0.1, 0.15) is 24.9 Å². The normalized spacial score (nSPS) is 22.0. The van der Waals surface area contributed by atoms with Crippen molar-refractivity contribution in [2.45, 2.75) is 25.6 Å². The monoisotopic (exact) mass is 345 g/mol. The number of hydrogen-bond acceptors (Lipinski definition) is 4. The number of nitrogens with one attached hydrogen (secondary N) is 1. The highest BCUT2D eigenvalue weighted by atomic mass is 16.2. The van der Waals surface area contributed by atoms with E-state index in [0.29, 0.717) is 0 Å². The number of nitrogens with zero attached hydrogens (tertiary/aromatic N) is 4. The van der Waals surface area contributed by atoms with Gasteiger partial charge in [-0.05, 0) is 41.7 Å². The Labute approximate surface area is 151 Å². The average Bonchev–Trinajstić information content (AvgIpc) is 3.30. The van der Waals surface area contributed by atoms with E-state index in [2.05, 4.69) is 51.5 Å². The topological polar surface area (TPSA) is 63.1 Å². The Kier molecular flexibility index (Phi) is 3.39. The molecule has 2 unspecified atom stereocenters. The molecule has 2 atom stereocenters. The molecule has 2 aromatic carbocycles. The molecule has 1 N–H and O–H groups in total. The summed E-state index contributed by atoms with van der Waals surface area (Å²) in [5, 5.41) is 7.39. The van der Waals surface area contributed by atoms with Crippen LogP contribution in [0.4, 0.5) is 0 Å². The molecule has 2 aliphatic heterocycles. The summed E-state index contributed by atoms with van der Waals surface area (Å²) in [5.41, 5.74) is 5.61. The Hall–Kier alpha value is -2.99. The number of rotatable bonds is 2. The molecule has 0 saturated carbocycles. The van der Waals surface area contributed by atoms with Gasteiger partial charge in [-0.2, -0.15) is 5.10 Å². The Morgan fingerprint density at radius 1 is 1.19 bits per heavy atom. The number of amides is 1. The van der Waals surface area contributed by atoms with Crippen molar-refractivity contribution in [2.75, 3.05) is 6.54 Å².